The number of rotatable bonds is 3. The Morgan fingerprint density at radius 1 is 1.16 bits per heavy atom. The lowest BCUT2D eigenvalue weighted by Gasteiger charge is -2.27. The van der Waals surface area contributed by atoms with Gasteiger partial charge in [0.2, 0.25) is 0 Å². The third-order valence-corrected chi connectivity index (χ3v) is 5.38. The fourth-order valence-corrected chi connectivity index (χ4v) is 3.98. The molecule has 2 heterocycles. The summed E-state index contributed by atoms with van der Waals surface area (Å²) in [5, 5.41) is 5.67. The molecule has 0 spiro atoms. The molecule has 3 aromatic rings. The molecular formula is C21H23ClN2O. The SMILES string of the molecule is COc1ccc(C(C)C)cc1C1NCCc2c1[nH]c1ccc(Cl)cc21. The van der Waals surface area contributed by atoms with E-state index in [-0.39, 0.29) is 6.04 Å². The molecule has 1 aliphatic heterocycles. The molecule has 0 radical (unpaired) electrons. The smallest absolute Gasteiger partial charge is 0.124 e. The summed E-state index contributed by atoms with van der Waals surface area (Å²) in [7, 11) is 1.74. The lowest BCUT2D eigenvalue weighted by molar-refractivity contribution is 0.401. The van der Waals surface area contributed by atoms with Gasteiger partial charge in [-0.2, -0.15) is 0 Å². The Bertz CT molecular complexity index is 929. The summed E-state index contributed by atoms with van der Waals surface area (Å²) in [5.41, 5.74) is 6.24. The van der Waals surface area contributed by atoms with E-state index in [0.29, 0.717) is 5.92 Å². The average Bonchev–Trinajstić information content (AvgIpc) is 2.99. The predicted molar refractivity (Wildman–Crippen MR) is 104 cm³/mol. The fourth-order valence-electron chi connectivity index (χ4n) is 3.80. The molecule has 0 fully saturated rings. The third kappa shape index (κ3) is 2.82. The van der Waals surface area contributed by atoms with Crippen LogP contribution in [-0.2, 0) is 6.42 Å². The highest BCUT2D eigenvalue weighted by Gasteiger charge is 2.27. The van der Waals surface area contributed by atoms with Crippen LogP contribution in [0.15, 0.2) is 36.4 Å². The van der Waals surface area contributed by atoms with Gasteiger partial charge in [0.1, 0.15) is 5.75 Å². The molecule has 1 aliphatic rings. The van der Waals surface area contributed by atoms with Crippen LogP contribution >= 0.6 is 11.6 Å². The van der Waals surface area contributed by atoms with Gasteiger partial charge in [-0.1, -0.05) is 31.5 Å². The lowest BCUT2D eigenvalue weighted by Crippen LogP contribution is -2.30. The number of hydrogen-bond acceptors (Lipinski definition) is 2. The van der Waals surface area contributed by atoms with Crippen LogP contribution in [0.2, 0.25) is 5.02 Å². The number of aromatic nitrogens is 1. The van der Waals surface area contributed by atoms with Gasteiger partial charge in [-0.15, -0.1) is 0 Å². The molecule has 0 bridgehead atoms. The van der Waals surface area contributed by atoms with Crippen LogP contribution in [0.25, 0.3) is 10.9 Å². The van der Waals surface area contributed by atoms with Crippen molar-refractivity contribution in [2.45, 2.75) is 32.2 Å². The number of H-pyrrole nitrogens is 1. The highest BCUT2D eigenvalue weighted by Crippen LogP contribution is 2.38. The van der Waals surface area contributed by atoms with Gasteiger partial charge < -0.3 is 15.0 Å². The Morgan fingerprint density at radius 2 is 2.00 bits per heavy atom. The number of methoxy groups -OCH3 is 1. The molecule has 130 valence electrons. The first-order valence-electron chi connectivity index (χ1n) is 8.79. The molecule has 4 heteroatoms. The second-order valence-electron chi connectivity index (χ2n) is 7.00. The molecule has 1 unspecified atom stereocenters. The van der Waals surface area contributed by atoms with Gasteiger partial charge in [-0.3, -0.25) is 0 Å². The minimum atomic E-state index is 0.101. The van der Waals surface area contributed by atoms with Crippen molar-refractivity contribution in [1.82, 2.24) is 10.3 Å². The van der Waals surface area contributed by atoms with E-state index >= 15 is 0 Å². The summed E-state index contributed by atoms with van der Waals surface area (Å²) in [4.78, 5) is 3.62. The van der Waals surface area contributed by atoms with Crippen LogP contribution in [0.3, 0.4) is 0 Å². The summed E-state index contributed by atoms with van der Waals surface area (Å²) >= 11 is 6.23. The van der Waals surface area contributed by atoms with Gasteiger partial charge >= 0.3 is 0 Å². The molecular weight excluding hydrogens is 332 g/mol. The van der Waals surface area contributed by atoms with Crippen molar-refractivity contribution in [2.75, 3.05) is 13.7 Å². The monoisotopic (exact) mass is 354 g/mol. The topological polar surface area (TPSA) is 37.0 Å². The summed E-state index contributed by atoms with van der Waals surface area (Å²) in [5.74, 6) is 1.40. The molecule has 0 saturated heterocycles. The van der Waals surface area contributed by atoms with Crippen LogP contribution < -0.4 is 10.1 Å². The van der Waals surface area contributed by atoms with Crippen molar-refractivity contribution < 1.29 is 4.74 Å². The second kappa shape index (κ2) is 6.40. The van der Waals surface area contributed by atoms with Crippen molar-refractivity contribution in [3.05, 3.63) is 63.8 Å². The standard InChI is InChI=1S/C21H23ClN2O/c1-12(2)13-4-7-19(25-3)17(10-13)20-21-15(8-9-23-20)16-11-14(22)5-6-18(16)24-21/h4-7,10-12,20,23-24H,8-9H2,1-3H3. The minimum Gasteiger partial charge on any atom is -0.496 e. The Hall–Kier alpha value is -1.97. The van der Waals surface area contributed by atoms with Crippen molar-refractivity contribution in [3.8, 4) is 5.75 Å². The first-order valence-corrected chi connectivity index (χ1v) is 9.17. The van der Waals surface area contributed by atoms with Crippen molar-refractivity contribution in [2.24, 2.45) is 0 Å². The van der Waals surface area contributed by atoms with Gasteiger partial charge in [0.25, 0.3) is 0 Å². The maximum atomic E-state index is 6.23. The van der Waals surface area contributed by atoms with E-state index in [0.717, 1.165) is 29.3 Å². The maximum Gasteiger partial charge on any atom is 0.124 e. The first-order chi connectivity index (χ1) is 12.1. The average molecular weight is 355 g/mol. The van der Waals surface area contributed by atoms with E-state index in [4.69, 9.17) is 16.3 Å². The second-order valence-corrected chi connectivity index (χ2v) is 7.44. The van der Waals surface area contributed by atoms with E-state index in [1.807, 2.05) is 6.07 Å². The first kappa shape index (κ1) is 16.5. The third-order valence-electron chi connectivity index (χ3n) is 5.14. The zero-order valence-electron chi connectivity index (χ0n) is 14.8. The van der Waals surface area contributed by atoms with E-state index in [2.05, 4.69) is 54.5 Å². The molecule has 0 amide bonds. The summed E-state index contributed by atoms with van der Waals surface area (Å²) in [6.45, 7) is 5.37. The van der Waals surface area contributed by atoms with Crippen LogP contribution in [0.4, 0.5) is 0 Å². The van der Waals surface area contributed by atoms with Crippen LogP contribution in [-0.4, -0.2) is 18.6 Å². The van der Waals surface area contributed by atoms with Crippen LogP contribution in [0.5, 0.6) is 5.75 Å². The molecule has 1 atom stereocenters. The van der Waals surface area contributed by atoms with Gasteiger partial charge in [0.05, 0.1) is 13.2 Å². The summed E-state index contributed by atoms with van der Waals surface area (Å²) < 4.78 is 5.67. The fraction of sp³-hybridized carbons (Fsp3) is 0.333. The van der Waals surface area contributed by atoms with E-state index in [1.54, 1.807) is 7.11 Å². The molecule has 1 aromatic heterocycles. The Kier molecular flexibility index (Phi) is 4.22. The van der Waals surface area contributed by atoms with Gasteiger partial charge in [0, 0.05) is 33.7 Å². The largest absolute Gasteiger partial charge is 0.496 e. The maximum absolute atomic E-state index is 6.23. The molecule has 4 rings (SSSR count). The van der Waals surface area contributed by atoms with Crippen molar-refractivity contribution in [1.29, 1.82) is 0 Å². The van der Waals surface area contributed by atoms with E-state index in [1.165, 1.54) is 27.8 Å². The Balaban J connectivity index is 1.89. The molecule has 2 N–H and O–H groups in total. The highest BCUT2D eigenvalue weighted by atomic mass is 35.5. The zero-order chi connectivity index (χ0) is 17.6. The quantitative estimate of drug-likeness (QED) is 0.679. The van der Waals surface area contributed by atoms with E-state index < -0.39 is 0 Å². The number of halogens is 1. The molecule has 0 saturated carbocycles. The Labute approximate surface area is 153 Å². The van der Waals surface area contributed by atoms with Crippen molar-refractivity contribution in [3.63, 3.8) is 0 Å². The Morgan fingerprint density at radius 3 is 2.76 bits per heavy atom. The zero-order valence-corrected chi connectivity index (χ0v) is 15.6. The molecule has 3 nitrogen and oxygen atoms in total. The highest BCUT2D eigenvalue weighted by molar-refractivity contribution is 6.31. The van der Waals surface area contributed by atoms with Crippen LogP contribution in [0, 0.1) is 0 Å². The number of nitrogens with one attached hydrogen (secondary N) is 2. The molecule has 2 aromatic carbocycles. The summed E-state index contributed by atoms with van der Waals surface area (Å²) in [6.07, 6.45) is 0.998. The van der Waals surface area contributed by atoms with Gasteiger partial charge in [-0.05, 0) is 53.8 Å². The predicted octanol–water partition coefficient (Wildman–Crippen LogP) is 5.19. The van der Waals surface area contributed by atoms with E-state index in [9.17, 15) is 0 Å². The number of ether oxygens (including phenoxy) is 1. The van der Waals surface area contributed by atoms with Gasteiger partial charge in [0.15, 0.2) is 0 Å². The molecule has 0 aliphatic carbocycles. The number of aromatic amines is 1. The number of hydrogen-bond donors (Lipinski definition) is 2. The van der Waals surface area contributed by atoms with Crippen molar-refractivity contribution >= 4 is 22.5 Å². The number of fused-ring (bicyclic) bond motifs is 3. The molecule has 25 heavy (non-hydrogen) atoms. The summed E-state index contributed by atoms with van der Waals surface area (Å²) in [6, 6.07) is 12.7. The lowest BCUT2D eigenvalue weighted by atomic mass is 9.91. The number of benzene rings is 2. The van der Waals surface area contributed by atoms with Crippen LogP contribution in [0.1, 0.15) is 48.2 Å². The minimum absolute atomic E-state index is 0.101. The normalized spacial score (nSPS) is 17.1. The van der Waals surface area contributed by atoms with Gasteiger partial charge in [-0.25, -0.2) is 0 Å².